The molecule has 1 aliphatic carbocycles. The average molecular weight is 212 g/mol. The van der Waals surface area contributed by atoms with E-state index in [9.17, 15) is 0 Å². The molecule has 2 nitrogen and oxygen atoms in total. The van der Waals surface area contributed by atoms with Gasteiger partial charge in [0.2, 0.25) is 0 Å². The molecule has 90 valence electrons. The van der Waals surface area contributed by atoms with Crippen molar-refractivity contribution in [2.24, 2.45) is 17.6 Å². The van der Waals surface area contributed by atoms with Gasteiger partial charge >= 0.3 is 0 Å². The molecule has 0 amide bonds. The van der Waals surface area contributed by atoms with E-state index in [1.807, 2.05) is 0 Å². The van der Waals surface area contributed by atoms with Crippen molar-refractivity contribution in [1.29, 1.82) is 0 Å². The first-order valence-electron chi connectivity index (χ1n) is 6.74. The van der Waals surface area contributed by atoms with Gasteiger partial charge in [-0.15, -0.1) is 0 Å². The van der Waals surface area contributed by atoms with Crippen molar-refractivity contribution >= 4 is 0 Å². The van der Waals surface area contributed by atoms with Crippen LogP contribution in [0.5, 0.6) is 0 Å². The number of hydrogen-bond acceptors (Lipinski definition) is 2. The van der Waals surface area contributed by atoms with E-state index < -0.39 is 0 Å². The lowest BCUT2D eigenvalue weighted by molar-refractivity contribution is 0.159. The van der Waals surface area contributed by atoms with Crippen LogP contribution in [0, 0.1) is 11.8 Å². The highest BCUT2D eigenvalue weighted by Crippen LogP contribution is 2.29. The third-order valence-electron chi connectivity index (χ3n) is 3.85. The van der Waals surface area contributed by atoms with E-state index in [0.29, 0.717) is 0 Å². The molecule has 1 saturated carbocycles. The summed E-state index contributed by atoms with van der Waals surface area (Å²) in [7, 11) is 0. The van der Waals surface area contributed by atoms with Crippen molar-refractivity contribution in [1.82, 2.24) is 4.90 Å². The molecule has 0 spiro atoms. The number of nitrogens with zero attached hydrogens (tertiary/aromatic N) is 1. The third kappa shape index (κ3) is 4.12. The molecule has 2 N–H and O–H groups in total. The van der Waals surface area contributed by atoms with Crippen molar-refractivity contribution in [3.8, 4) is 0 Å². The quantitative estimate of drug-likeness (QED) is 0.733. The molecule has 0 heterocycles. The van der Waals surface area contributed by atoms with E-state index in [2.05, 4.69) is 18.7 Å². The second kappa shape index (κ2) is 7.24. The van der Waals surface area contributed by atoms with Gasteiger partial charge in [-0.2, -0.15) is 0 Å². The first kappa shape index (κ1) is 13.0. The van der Waals surface area contributed by atoms with Crippen molar-refractivity contribution < 1.29 is 0 Å². The molecule has 0 radical (unpaired) electrons. The van der Waals surface area contributed by atoms with Crippen LogP contribution in [0.15, 0.2) is 0 Å². The maximum atomic E-state index is 5.87. The fourth-order valence-corrected chi connectivity index (χ4v) is 2.86. The Labute approximate surface area is 95.2 Å². The molecule has 1 rings (SSSR count). The molecule has 0 saturated heterocycles. The van der Waals surface area contributed by atoms with E-state index >= 15 is 0 Å². The van der Waals surface area contributed by atoms with Crippen LogP contribution < -0.4 is 5.73 Å². The molecule has 1 aliphatic rings. The zero-order chi connectivity index (χ0) is 11.1. The summed E-state index contributed by atoms with van der Waals surface area (Å²) >= 11 is 0. The van der Waals surface area contributed by atoms with Crippen LogP contribution in [0.4, 0.5) is 0 Å². The molecule has 0 aromatic carbocycles. The van der Waals surface area contributed by atoms with Crippen molar-refractivity contribution in [3.63, 3.8) is 0 Å². The summed E-state index contributed by atoms with van der Waals surface area (Å²) in [5.74, 6) is 1.67. The molecule has 1 fully saturated rings. The minimum Gasteiger partial charge on any atom is -0.330 e. The van der Waals surface area contributed by atoms with E-state index in [0.717, 1.165) is 18.4 Å². The molecule has 0 aliphatic heterocycles. The standard InChI is InChI=1S/C13H28N2/c1-3-9-15(4-2)11-13-8-6-5-7-12(13)10-14/h12-13H,3-11,14H2,1-2H3. The van der Waals surface area contributed by atoms with Crippen LogP contribution in [0.3, 0.4) is 0 Å². The third-order valence-corrected chi connectivity index (χ3v) is 3.85. The van der Waals surface area contributed by atoms with Crippen molar-refractivity contribution in [2.75, 3.05) is 26.2 Å². The van der Waals surface area contributed by atoms with Crippen LogP contribution in [0.1, 0.15) is 46.0 Å². The highest BCUT2D eigenvalue weighted by Gasteiger charge is 2.25. The zero-order valence-corrected chi connectivity index (χ0v) is 10.5. The van der Waals surface area contributed by atoms with E-state index in [1.54, 1.807) is 0 Å². The number of rotatable bonds is 6. The summed E-state index contributed by atoms with van der Waals surface area (Å²) in [5, 5.41) is 0. The van der Waals surface area contributed by atoms with Crippen LogP contribution in [-0.4, -0.2) is 31.1 Å². The summed E-state index contributed by atoms with van der Waals surface area (Å²) in [6.45, 7) is 9.17. The number of hydrogen-bond donors (Lipinski definition) is 1. The van der Waals surface area contributed by atoms with Gasteiger partial charge < -0.3 is 10.6 Å². The molecule has 0 bridgehead atoms. The Morgan fingerprint density at radius 1 is 1.13 bits per heavy atom. The summed E-state index contributed by atoms with van der Waals surface area (Å²) in [6, 6.07) is 0. The summed E-state index contributed by atoms with van der Waals surface area (Å²) in [6.07, 6.45) is 6.86. The van der Waals surface area contributed by atoms with Gasteiger partial charge in [0.1, 0.15) is 0 Å². The Morgan fingerprint density at radius 3 is 2.33 bits per heavy atom. The highest BCUT2D eigenvalue weighted by molar-refractivity contribution is 4.78. The van der Waals surface area contributed by atoms with Crippen molar-refractivity contribution in [3.05, 3.63) is 0 Å². The van der Waals surface area contributed by atoms with Gasteiger partial charge in [0.15, 0.2) is 0 Å². The topological polar surface area (TPSA) is 29.3 Å². The highest BCUT2D eigenvalue weighted by atomic mass is 15.1. The zero-order valence-electron chi connectivity index (χ0n) is 10.5. The van der Waals surface area contributed by atoms with Gasteiger partial charge in [-0.3, -0.25) is 0 Å². The van der Waals surface area contributed by atoms with Gasteiger partial charge in [0.05, 0.1) is 0 Å². The summed E-state index contributed by atoms with van der Waals surface area (Å²) in [5.41, 5.74) is 5.87. The Balaban J connectivity index is 2.38. The minimum absolute atomic E-state index is 0.796. The monoisotopic (exact) mass is 212 g/mol. The smallest absolute Gasteiger partial charge is 0.00127 e. The summed E-state index contributed by atoms with van der Waals surface area (Å²) in [4.78, 5) is 2.60. The van der Waals surface area contributed by atoms with Crippen LogP contribution >= 0.6 is 0 Å². The SMILES string of the molecule is CCCN(CC)CC1CCCCC1CN. The van der Waals surface area contributed by atoms with Gasteiger partial charge in [-0.05, 0) is 50.7 Å². The first-order valence-corrected chi connectivity index (χ1v) is 6.74. The molecule has 0 aromatic heterocycles. The first-order chi connectivity index (χ1) is 7.31. The molecule has 2 atom stereocenters. The van der Waals surface area contributed by atoms with E-state index in [1.165, 1.54) is 51.7 Å². The molecule has 0 aromatic rings. The van der Waals surface area contributed by atoms with Gasteiger partial charge in [-0.25, -0.2) is 0 Å². The van der Waals surface area contributed by atoms with Gasteiger partial charge in [0, 0.05) is 6.54 Å². The number of nitrogens with two attached hydrogens (primary N) is 1. The Hall–Kier alpha value is -0.0800. The Kier molecular flexibility index (Phi) is 6.26. The van der Waals surface area contributed by atoms with Gasteiger partial charge in [0.25, 0.3) is 0 Å². The van der Waals surface area contributed by atoms with Crippen molar-refractivity contribution in [2.45, 2.75) is 46.0 Å². The molecular weight excluding hydrogens is 184 g/mol. The molecular formula is C13H28N2. The normalized spacial score (nSPS) is 27.2. The predicted molar refractivity (Wildman–Crippen MR) is 66.9 cm³/mol. The maximum absolute atomic E-state index is 5.87. The summed E-state index contributed by atoms with van der Waals surface area (Å²) < 4.78 is 0. The minimum atomic E-state index is 0.796. The fraction of sp³-hybridized carbons (Fsp3) is 1.00. The average Bonchev–Trinajstić information content (AvgIpc) is 2.29. The van der Waals surface area contributed by atoms with Gasteiger partial charge in [-0.1, -0.05) is 26.7 Å². The lowest BCUT2D eigenvalue weighted by Gasteiger charge is -2.34. The second-order valence-corrected chi connectivity index (χ2v) is 4.93. The molecule has 2 heteroatoms. The van der Waals surface area contributed by atoms with E-state index in [-0.39, 0.29) is 0 Å². The maximum Gasteiger partial charge on any atom is 0.00127 e. The fourth-order valence-electron chi connectivity index (χ4n) is 2.86. The lowest BCUT2D eigenvalue weighted by Crippen LogP contribution is -2.37. The Morgan fingerprint density at radius 2 is 1.80 bits per heavy atom. The lowest BCUT2D eigenvalue weighted by atomic mass is 9.79. The van der Waals surface area contributed by atoms with E-state index in [4.69, 9.17) is 5.73 Å². The molecule has 15 heavy (non-hydrogen) atoms. The van der Waals surface area contributed by atoms with Crippen LogP contribution in [-0.2, 0) is 0 Å². The predicted octanol–water partition coefficient (Wildman–Crippen LogP) is 2.48. The molecule has 2 unspecified atom stereocenters. The van der Waals surface area contributed by atoms with Crippen LogP contribution in [0.25, 0.3) is 0 Å². The Bertz CT molecular complexity index is 159. The largest absolute Gasteiger partial charge is 0.330 e. The van der Waals surface area contributed by atoms with Crippen LogP contribution in [0.2, 0.25) is 0 Å². The second-order valence-electron chi connectivity index (χ2n) is 4.93.